The maximum atomic E-state index is 6.07. The first kappa shape index (κ1) is 14.1. The van der Waals surface area contributed by atoms with Gasteiger partial charge in [-0.3, -0.25) is 0 Å². The van der Waals surface area contributed by atoms with E-state index in [-0.39, 0.29) is 0 Å². The molecule has 1 fully saturated rings. The second-order valence-corrected chi connectivity index (χ2v) is 6.36. The Bertz CT molecular complexity index is 444. The number of nitrogens with two attached hydrogens (primary N) is 1. The van der Waals surface area contributed by atoms with Crippen LogP contribution < -0.4 is 10.6 Å². The summed E-state index contributed by atoms with van der Waals surface area (Å²) in [5.41, 5.74) is 7.16. The fourth-order valence-electron chi connectivity index (χ4n) is 3.18. The fraction of sp³-hybridized carbons (Fsp3) is 0.733. The summed E-state index contributed by atoms with van der Waals surface area (Å²) in [6, 6.07) is 0.503. The SMILES string of the molecule is CC1CC(C)C(C)N(c2ncnc(N)c2C(C)C)C1. The van der Waals surface area contributed by atoms with Gasteiger partial charge in [-0.15, -0.1) is 0 Å². The van der Waals surface area contributed by atoms with Gasteiger partial charge in [-0.2, -0.15) is 0 Å². The zero-order chi connectivity index (χ0) is 14.2. The zero-order valence-corrected chi connectivity index (χ0v) is 12.7. The van der Waals surface area contributed by atoms with E-state index in [1.54, 1.807) is 6.33 Å². The van der Waals surface area contributed by atoms with Crippen LogP contribution in [-0.4, -0.2) is 22.6 Å². The van der Waals surface area contributed by atoms with Crippen LogP contribution in [-0.2, 0) is 0 Å². The van der Waals surface area contributed by atoms with Crippen molar-refractivity contribution >= 4 is 11.6 Å². The predicted molar refractivity (Wildman–Crippen MR) is 80.3 cm³/mol. The predicted octanol–water partition coefficient (Wildman–Crippen LogP) is 3.05. The lowest BCUT2D eigenvalue weighted by molar-refractivity contribution is 0.295. The summed E-state index contributed by atoms with van der Waals surface area (Å²) >= 11 is 0. The Hall–Kier alpha value is -1.32. The van der Waals surface area contributed by atoms with Crippen LogP contribution in [0.2, 0.25) is 0 Å². The summed E-state index contributed by atoms with van der Waals surface area (Å²) < 4.78 is 0. The highest BCUT2D eigenvalue weighted by atomic mass is 15.2. The maximum Gasteiger partial charge on any atom is 0.137 e. The third-order valence-electron chi connectivity index (χ3n) is 4.34. The van der Waals surface area contributed by atoms with Crippen molar-refractivity contribution in [2.45, 2.75) is 53.0 Å². The van der Waals surface area contributed by atoms with E-state index in [0.717, 1.165) is 17.9 Å². The van der Waals surface area contributed by atoms with Crippen LogP contribution in [0, 0.1) is 11.8 Å². The molecule has 1 aliphatic rings. The van der Waals surface area contributed by atoms with Gasteiger partial charge in [0, 0.05) is 18.2 Å². The lowest BCUT2D eigenvalue weighted by atomic mass is 9.85. The second kappa shape index (κ2) is 5.35. The van der Waals surface area contributed by atoms with Crippen LogP contribution >= 0.6 is 0 Å². The summed E-state index contributed by atoms with van der Waals surface area (Å²) in [6.07, 6.45) is 2.88. The van der Waals surface area contributed by atoms with Crippen LogP contribution in [0.15, 0.2) is 6.33 Å². The van der Waals surface area contributed by atoms with Crippen LogP contribution in [0.25, 0.3) is 0 Å². The minimum absolute atomic E-state index is 0.343. The fourth-order valence-corrected chi connectivity index (χ4v) is 3.18. The molecule has 1 saturated heterocycles. The van der Waals surface area contributed by atoms with Crippen molar-refractivity contribution in [1.82, 2.24) is 9.97 Å². The van der Waals surface area contributed by atoms with Crippen molar-refractivity contribution in [1.29, 1.82) is 0 Å². The maximum absolute atomic E-state index is 6.07. The minimum Gasteiger partial charge on any atom is -0.383 e. The average molecular weight is 262 g/mol. The number of anilines is 2. The molecule has 3 atom stereocenters. The molecule has 0 spiro atoms. The van der Waals surface area contributed by atoms with Crippen molar-refractivity contribution in [2.24, 2.45) is 11.8 Å². The zero-order valence-electron chi connectivity index (χ0n) is 12.7. The molecule has 2 N–H and O–H groups in total. The minimum atomic E-state index is 0.343. The number of aromatic nitrogens is 2. The first-order valence-electron chi connectivity index (χ1n) is 7.28. The smallest absolute Gasteiger partial charge is 0.137 e. The number of nitrogen functional groups attached to an aromatic ring is 1. The van der Waals surface area contributed by atoms with Gasteiger partial charge in [-0.05, 0) is 31.1 Å². The Kier molecular flexibility index (Phi) is 3.97. The molecular weight excluding hydrogens is 236 g/mol. The molecule has 1 aromatic rings. The van der Waals surface area contributed by atoms with Gasteiger partial charge in [-0.1, -0.05) is 27.7 Å². The third-order valence-corrected chi connectivity index (χ3v) is 4.34. The van der Waals surface area contributed by atoms with Gasteiger partial charge in [0.25, 0.3) is 0 Å². The van der Waals surface area contributed by atoms with Crippen LogP contribution in [0.5, 0.6) is 0 Å². The lowest BCUT2D eigenvalue weighted by Gasteiger charge is -2.42. The topological polar surface area (TPSA) is 55.0 Å². The standard InChI is InChI=1S/C15H26N4/c1-9(2)13-14(16)17-8-18-15(13)19-7-10(3)6-11(4)12(19)5/h8-12H,6-7H2,1-5H3,(H2,16,17,18). The molecule has 0 aromatic carbocycles. The highest BCUT2D eigenvalue weighted by Gasteiger charge is 2.31. The van der Waals surface area contributed by atoms with E-state index in [1.165, 1.54) is 6.42 Å². The van der Waals surface area contributed by atoms with Gasteiger partial charge in [0.05, 0.1) is 0 Å². The highest BCUT2D eigenvalue weighted by Crippen LogP contribution is 2.35. The summed E-state index contributed by atoms with van der Waals surface area (Å²) in [7, 11) is 0. The largest absolute Gasteiger partial charge is 0.383 e. The highest BCUT2D eigenvalue weighted by molar-refractivity contribution is 5.59. The van der Waals surface area contributed by atoms with Crippen LogP contribution in [0.3, 0.4) is 0 Å². The first-order valence-corrected chi connectivity index (χ1v) is 7.28. The average Bonchev–Trinajstić information content (AvgIpc) is 2.33. The number of hydrogen-bond acceptors (Lipinski definition) is 4. The van der Waals surface area contributed by atoms with E-state index < -0.39 is 0 Å². The monoisotopic (exact) mass is 262 g/mol. The molecule has 1 aromatic heterocycles. The quantitative estimate of drug-likeness (QED) is 0.890. The van der Waals surface area contributed by atoms with Gasteiger partial charge >= 0.3 is 0 Å². The van der Waals surface area contributed by atoms with E-state index in [9.17, 15) is 0 Å². The first-order chi connectivity index (χ1) is 8.91. The van der Waals surface area contributed by atoms with E-state index in [4.69, 9.17) is 5.73 Å². The van der Waals surface area contributed by atoms with Crippen molar-refractivity contribution in [3.05, 3.63) is 11.9 Å². The Balaban J connectivity index is 2.43. The molecule has 4 nitrogen and oxygen atoms in total. The normalized spacial score (nSPS) is 27.9. The molecule has 1 aliphatic heterocycles. The van der Waals surface area contributed by atoms with Gasteiger partial charge in [-0.25, -0.2) is 9.97 Å². The number of rotatable bonds is 2. The van der Waals surface area contributed by atoms with Gasteiger partial charge in [0.1, 0.15) is 18.0 Å². The van der Waals surface area contributed by atoms with Gasteiger partial charge in [0.2, 0.25) is 0 Å². The molecule has 4 heteroatoms. The molecule has 2 heterocycles. The van der Waals surface area contributed by atoms with Crippen LogP contribution in [0.4, 0.5) is 11.6 Å². The van der Waals surface area contributed by atoms with Gasteiger partial charge < -0.3 is 10.6 Å². The van der Waals surface area contributed by atoms with Gasteiger partial charge in [0.15, 0.2) is 0 Å². The van der Waals surface area contributed by atoms with Crippen molar-refractivity contribution in [3.63, 3.8) is 0 Å². The summed E-state index contributed by atoms with van der Waals surface area (Å²) in [6.45, 7) is 12.3. The molecular formula is C15H26N4. The summed E-state index contributed by atoms with van der Waals surface area (Å²) in [4.78, 5) is 11.1. The number of hydrogen-bond donors (Lipinski definition) is 1. The van der Waals surface area contributed by atoms with E-state index in [1.807, 2.05) is 0 Å². The number of nitrogens with zero attached hydrogens (tertiary/aromatic N) is 3. The van der Waals surface area contributed by atoms with Crippen molar-refractivity contribution in [2.75, 3.05) is 17.2 Å². The molecule has 0 radical (unpaired) electrons. The van der Waals surface area contributed by atoms with E-state index >= 15 is 0 Å². The number of piperidine rings is 1. The second-order valence-electron chi connectivity index (χ2n) is 6.36. The molecule has 2 rings (SSSR count). The Morgan fingerprint density at radius 3 is 2.58 bits per heavy atom. The van der Waals surface area contributed by atoms with E-state index in [0.29, 0.717) is 29.6 Å². The van der Waals surface area contributed by atoms with Crippen molar-refractivity contribution < 1.29 is 0 Å². The molecule has 0 saturated carbocycles. The van der Waals surface area contributed by atoms with E-state index in [2.05, 4.69) is 49.5 Å². The summed E-state index contributed by atoms with van der Waals surface area (Å²) in [5.74, 6) is 3.38. The molecule has 0 bridgehead atoms. The third kappa shape index (κ3) is 2.67. The summed E-state index contributed by atoms with van der Waals surface area (Å²) in [5, 5.41) is 0. The lowest BCUT2D eigenvalue weighted by Crippen LogP contribution is -2.46. The molecule has 19 heavy (non-hydrogen) atoms. The molecule has 0 amide bonds. The Morgan fingerprint density at radius 1 is 1.26 bits per heavy atom. The molecule has 106 valence electrons. The Labute approximate surface area is 116 Å². The Morgan fingerprint density at radius 2 is 1.95 bits per heavy atom. The molecule has 0 aliphatic carbocycles. The van der Waals surface area contributed by atoms with Crippen molar-refractivity contribution in [3.8, 4) is 0 Å². The molecule has 3 unspecified atom stereocenters. The van der Waals surface area contributed by atoms with Crippen LogP contribution in [0.1, 0.15) is 52.5 Å².